The van der Waals surface area contributed by atoms with E-state index in [1.165, 1.54) is 0 Å². The van der Waals surface area contributed by atoms with Gasteiger partial charge in [-0.25, -0.2) is 0 Å². The number of aliphatic imine (C=N–C) groups is 1. The monoisotopic (exact) mass is 124 g/mol. The van der Waals surface area contributed by atoms with Crippen LogP contribution >= 0.6 is 0 Å². The number of carbonyl (C=O) groups is 1. The molecular weight excluding hydrogens is 116 g/mol. The van der Waals surface area contributed by atoms with Crippen molar-refractivity contribution in [1.82, 2.24) is 5.32 Å². The van der Waals surface area contributed by atoms with E-state index >= 15 is 0 Å². The standard InChI is InChI=1S/C6H8N2O/c1-7-5-2-6(9)4-8-3-5/h2-3,7H,4H2,1H3. The normalized spacial score (nSPS) is 17.4. The maximum absolute atomic E-state index is 10.6. The Kier molecular flexibility index (Phi) is 1.63. The number of nitrogens with zero attached hydrogens (tertiary/aromatic N) is 1. The summed E-state index contributed by atoms with van der Waals surface area (Å²) in [5.41, 5.74) is 0.784. The fourth-order valence-electron chi connectivity index (χ4n) is 0.627. The predicted octanol–water partition coefficient (Wildman–Crippen LogP) is -0.257. The lowest BCUT2D eigenvalue weighted by atomic mass is 10.3. The molecule has 0 aromatic carbocycles. The number of rotatable bonds is 1. The second-order valence-corrected chi connectivity index (χ2v) is 1.79. The molecule has 1 aliphatic rings. The van der Waals surface area contributed by atoms with E-state index < -0.39 is 0 Å². The number of dihydropyridines is 1. The SMILES string of the molecule is CNC1=CC(=O)CN=C1. The van der Waals surface area contributed by atoms with Gasteiger partial charge in [-0.15, -0.1) is 0 Å². The van der Waals surface area contributed by atoms with Gasteiger partial charge < -0.3 is 5.32 Å². The van der Waals surface area contributed by atoms with Crippen molar-refractivity contribution in [2.75, 3.05) is 13.6 Å². The Labute approximate surface area is 53.5 Å². The van der Waals surface area contributed by atoms with E-state index in [0.29, 0.717) is 6.54 Å². The van der Waals surface area contributed by atoms with Gasteiger partial charge in [0.05, 0.1) is 5.70 Å². The Morgan fingerprint density at radius 3 is 3.00 bits per heavy atom. The molecule has 48 valence electrons. The van der Waals surface area contributed by atoms with Crippen LogP contribution in [0.25, 0.3) is 0 Å². The molecular formula is C6H8N2O. The predicted molar refractivity (Wildman–Crippen MR) is 35.5 cm³/mol. The zero-order valence-corrected chi connectivity index (χ0v) is 5.22. The number of carbonyl (C=O) groups excluding carboxylic acids is 1. The van der Waals surface area contributed by atoms with Crippen molar-refractivity contribution < 1.29 is 4.79 Å². The van der Waals surface area contributed by atoms with Gasteiger partial charge in [-0.1, -0.05) is 0 Å². The van der Waals surface area contributed by atoms with Crippen molar-refractivity contribution in [3.8, 4) is 0 Å². The maximum atomic E-state index is 10.6. The fraction of sp³-hybridized carbons (Fsp3) is 0.333. The summed E-state index contributed by atoms with van der Waals surface area (Å²) in [7, 11) is 1.76. The first-order valence-electron chi connectivity index (χ1n) is 2.75. The molecule has 0 bridgehead atoms. The minimum atomic E-state index is 0.0573. The molecule has 3 heteroatoms. The Balaban J connectivity index is 2.70. The summed E-state index contributed by atoms with van der Waals surface area (Å²) in [6, 6.07) is 0. The van der Waals surface area contributed by atoms with E-state index in [2.05, 4.69) is 10.3 Å². The van der Waals surface area contributed by atoms with E-state index in [1.807, 2.05) is 0 Å². The van der Waals surface area contributed by atoms with E-state index in [0.717, 1.165) is 5.70 Å². The largest absolute Gasteiger partial charge is 0.387 e. The van der Waals surface area contributed by atoms with E-state index in [4.69, 9.17) is 0 Å². The van der Waals surface area contributed by atoms with Crippen molar-refractivity contribution >= 4 is 12.0 Å². The Morgan fingerprint density at radius 2 is 2.56 bits per heavy atom. The number of ketones is 1. The summed E-state index contributed by atoms with van der Waals surface area (Å²) >= 11 is 0. The third-order valence-corrected chi connectivity index (χ3v) is 1.08. The van der Waals surface area contributed by atoms with Crippen molar-refractivity contribution in [3.63, 3.8) is 0 Å². The van der Waals surface area contributed by atoms with E-state index in [1.54, 1.807) is 19.3 Å². The van der Waals surface area contributed by atoms with Crippen LogP contribution < -0.4 is 5.32 Å². The van der Waals surface area contributed by atoms with Gasteiger partial charge in [0, 0.05) is 19.3 Å². The topological polar surface area (TPSA) is 41.5 Å². The van der Waals surface area contributed by atoms with Crippen LogP contribution in [-0.4, -0.2) is 25.6 Å². The van der Waals surface area contributed by atoms with Crippen molar-refractivity contribution in [3.05, 3.63) is 11.8 Å². The van der Waals surface area contributed by atoms with Gasteiger partial charge in [-0.3, -0.25) is 9.79 Å². The quantitative estimate of drug-likeness (QED) is 0.523. The minimum absolute atomic E-state index is 0.0573. The molecule has 0 radical (unpaired) electrons. The van der Waals surface area contributed by atoms with Crippen LogP contribution in [0.4, 0.5) is 0 Å². The molecule has 1 heterocycles. The van der Waals surface area contributed by atoms with Crippen LogP contribution in [0.15, 0.2) is 16.8 Å². The highest BCUT2D eigenvalue weighted by Gasteiger charge is 2.01. The molecule has 3 nitrogen and oxygen atoms in total. The summed E-state index contributed by atoms with van der Waals surface area (Å²) in [6.45, 7) is 0.297. The van der Waals surface area contributed by atoms with Crippen LogP contribution in [0.3, 0.4) is 0 Å². The first-order valence-corrected chi connectivity index (χ1v) is 2.75. The highest BCUT2D eigenvalue weighted by molar-refractivity contribution is 6.00. The molecule has 0 fully saturated rings. The molecule has 0 aliphatic carbocycles. The zero-order chi connectivity index (χ0) is 6.69. The lowest BCUT2D eigenvalue weighted by molar-refractivity contribution is -0.113. The zero-order valence-electron chi connectivity index (χ0n) is 5.22. The Hall–Kier alpha value is -1.12. The average molecular weight is 124 g/mol. The Morgan fingerprint density at radius 1 is 1.78 bits per heavy atom. The van der Waals surface area contributed by atoms with Gasteiger partial charge in [0.1, 0.15) is 6.54 Å². The second-order valence-electron chi connectivity index (χ2n) is 1.79. The number of nitrogens with one attached hydrogen (secondary N) is 1. The van der Waals surface area contributed by atoms with Crippen LogP contribution in [-0.2, 0) is 4.79 Å². The molecule has 1 rings (SSSR count). The maximum Gasteiger partial charge on any atom is 0.179 e. The molecule has 9 heavy (non-hydrogen) atoms. The van der Waals surface area contributed by atoms with Gasteiger partial charge in [0.15, 0.2) is 5.78 Å². The summed E-state index contributed by atoms with van der Waals surface area (Å²) < 4.78 is 0. The number of hydrogen-bond acceptors (Lipinski definition) is 3. The molecule has 0 unspecified atom stereocenters. The summed E-state index contributed by atoms with van der Waals surface area (Å²) in [6.07, 6.45) is 3.20. The number of allylic oxidation sites excluding steroid dienone is 1. The van der Waals surface area contributed by atoms with Gasteiger partial charge in [-0.05, 0) is 0 Å². The van der Waals surface area contributed by atoms with E-state index in [-0.39, 0.29) is 5.78 Å². The number of hydrogen-bond donors (Lipinski definition) is 1. The average Bonchev–Trinajstić information content (AvgIpc) is 1.88. The summed E-state index contributed by atoms with van der Waals surface area (Å²) in [5.74, 6) is 0.0573. The highest BCUT2D eigenvalue weighted by atomic mass is 16.1. The van der Waals surface area contributed by atoms with Crippen LogP contribution in [0.2, 0.25) is 0 Å². The Bertz CT molecular complexity index is 181. The van der Waals surface area contributed by atoms with Crippen LogP contribution in [0.5, 0.6) is 0 Å². The minimum Gasteiger partial charge on any atom is -0.387 e. The molecule has 0 aromatic heterocycles. The molecule has 0 saturated heterocycles. The first kappa shape index (κ1) is 6.01. The first-order chi connectivity index (χ1) is 4.33. The molecule has 0 spiro atoms. The molecule has 0 aromatic rings. The van der Waals surface area contributed by atoms with E-state index in [9.17, 15) is 4.79 Å². The summed E-state index contributed by atoms with van der Waals surface area (Å²) in [5, 5.41) is 2.83. The molecule has 1 N–H and O–H groups in total. The van der Waals surface area contributed by atoms with Gasteiger partial charge in [-0.2, -0.15) is 0 Å². The molecule has 0 saturated carbocycles. The van der Waals surface area contributed by atoms with Gasteiger partial charge >= 0.3 is 0 Å². The van der Waals surface area contributed by atoms with Gasteiger partial charge in [0.2, 0.25) is 0 Å². The van der Waals surface area contributed by atoms with Crippen molar-refractivity contribution in [2.45, 2.75) is 0 Å². The van der Waals surface area contributed by atoms with Crippen LogP contribution in [0.1, 0.15) is 0 Å². The smallest absolute Gasteiger partial charge is 0.179 e. The lowest BCUT2D eigenvalue weighted by Crippen LogP contribution is -2.15. The van der Waals surface area contributed by atoms with Crippen molar-refractivity contribution in [1.29, 1.82) is 0 Å². The van der Waals surface area contributed by atoms with Crippen LogP contribution in [0, 0.1) is 0 Å². The highest BCUT2D eigenvalue weighted by Crippen LogP contribution is 1.91. The molecule has 0 atom stereocenters. The molecule has 1 aliphatic heterocycles. The molecule has 0 amide bonds. The third kappa shape index (κ3) is 1.38. The second kappa shape index (κ2) is 2.44. The van der Waals surface area contributed by atoms with Gasteiger partial charge in [0.25, 0.3) is 0 Å². The fourth-order valence-corrected chi connectivity index (χ4v) is 0.627. The third-order valence-electron chi connectivity index (χ3n) is 1.08. The summed E-state index contributed by atoms with van der Waals surface area (Å²) in [4.78, 5) is 14.4. The van der Waals surface area contributed by atoms with Crippen molar-refractivity contribution in [2.24, 2.45) is 4.99 Å². The lowest BCUT2D eigenvalue weighted by Gasteiger charge is -2.02.